The van der Waals surface area contributed by atoms with Gasteiger partial charge in [-0.2, -0.15) is 0 Å². The first kappa shape index (κ1) is 11.2. The Hall–Kier alpha value is -2.30. The number of benzene rings is 1. The van der Waals surface area contributed by atoms with E-state index < -0.39 is 0 Å². The molecule has 0 aliphatic rings. The Labute approximate surface area is 98.9 Å². The van der Waals surface area contributed by atoms with Crippen LogP contribution in [0.5, 0.6) is 0 Å². The number of oxazole rings is 1. The van der Waals surface area contributed by atoms with E-state index >= 15 is 0 Å². The van der Waals surface area contributed by atoms with Crippen LogP contribution in [-0.4, -0.2) is 17.6 Å². The average molecular weight is 231 g/mol. The molecule has 0 aliphatic carbocycles. The van der Waals surface area contributed by atoms with Crippen LogP contribution < -0.4 is 10.6 Å². The maximum atomic E-state index is 11.4. The van der Waals surface area contributed by atoms with Crippen molar-refractivity contribution in [3.05, 3.63) is 48.4 Å². The van der Waals surface area contributed by atoms with Gasteiger partial charge in [0.25, 0.3) is 0 Å². The minimum absolute atomic E-state index is 0.196. The van der Waals surface area contributed by atoms with Gasteiger partial charge in [-0.05, 0) is 12.0 Å². The molecule has 0 aliphatic heterocycles. The summed E-state index contributed by atoms with van der Waals surface area (Å²) < 4.78 is 4.89. The molecular formula is C12H13N3O2. The Morgan fingerprint density at radius 1 is 1.29 bits per heavy atom. The van der Waals surface area contributed by atoms with Crippen LogP contribution in [0.4, 0.5) is 10.8 Å². The van der Waals surface area contributed by atoms with Crippen molar-refractivity contribution in [2.75, 3.05) is 11.9 Å². The van der Waals surface area contributed by atoms with Crippen molar-refractivity contribution >= 4 is 12.0 Å². The van der Waals surface area contributed by atoms with Crippen LogP contribution in [0.15, 0.2) is 47.2 Å². The van der Waals surface area contributed by atoms with Gasteiger partial charge in [0.05, 0.1) is 6.20 Å². The zero-order chi connectivity index (χ0) is 11.9. The molecule has 2 N–H and O–H groups in total. The Morgan fingerprint density at radius 2 is 2.12 bits per heavy atom. The van der Waals surface area contributed by atoms with Gasteiger partial charge in [-0.15, -0.1) is 0 Å². The Bertz CT molecular complexity index is 454. The third kappa shape index (κ3) is 3.64. The molecule has 0 spiro atoms. The van der Waals surface area contributed by atoms with Crippen LogP contribution in [0.2, 0.25) is 0 Å². The van der Waals surface area contributed by atoms with Gasteiger partial charge in [0.2, 0.25) is 0 Å². The molecule has 0 unspecified atom stereocenters. The molecule has 0 saturated heterocycles. The third-order valence-electron chi connectivity index (χ3n) is 2.19. The van der Waals surface area contributed by atoms with Gasteiger partial charge in [-0.1, -0.05) is 30.3 Å². The fraction of sp³-hybridized carbons (Fsp3) is 0.167. The number of rotatable bonds is 4. The van der Waals surface area contributed by atoms with Crippen molar-refractivity contribution < 1.29 is 9.21 Å². The van der Waals surface area contributed by atoms with E-state index in [0.717, 1.165) is 6.42 Å². The smallest absolute Gasteiger partial charge is 0.322 e. The zero-order valence-electron chi connectivity index (χ0n) is 9.22. The van der Waals surface area contributed by atoms with Gasteiger partial charge < -0.3 is 9.73 Å². The van der Waals surface area contributed by atoms with Gasteiger partial charge in [0, 0.05) is 6.54 Å². The van der Waals surface area contributed by atoms with Crippen molar-refractivity contribution in [1.29, 1.82) is 0 Å². The SMILES string of the molecule is O=C(NCCc1ccccc1)Nc1ncco1. The standard InChI is InChI=1S/C12H13N3O2/c16-11(15-12-14-8-9-17-12)13-7-6-10-4-2-1-3-5-10/h1-5,8-9H,6-7H2,(H2,13,14,15,16). The minimum Gasteiger partial charge on any atom is -0.432 e. The first-order chi connectivity index (χ1) is 8.34. The van der Waals surface area contributed by atoms with Crippen LogP contribution in [0.1, 0.15) is 5.56 Å². The molecule has 88 valence electrons. The van der Waals surface area contributed by atoms with Crippen molar-refractivity contribution in [3.8, 4) is 0 Å². The number of nitrogens with zero attached hydrogens (tertiary/aromatic N) is 1. The predicted molar refractivity (Wildman–Crippen MR) is 63.7 cm³/mol. The molecule has 0 radical (unpaired) electrons. The molecule has 2 rings (SSSR count). The minimum atomic E-state index is -0.316. The quantitative estimate of drug-likeness (QED) is 0.846. The van der Waals surface area contributed by atoms with E-state index in [1.54, 1.807) is 0 Å². The second-order valence-corrected chi connectivity index (χ2v) is 3.45. The van der Waals surface area contributed by atoms with Gasteiger partial charge in [0.1, 0.15) is 6.26 Å². The lowest BCUT2D eigenvalue weighted by molar-refractivity contribution is 0.251. The molecule has 0 fully saturated rings. The molecule has 5 nitrogen and oxygen atoms in total. The zero-order valence-corrected chi connectivity index (χ0v) is 9.22. The second kappa shape index (κ2) is 5.69. The molecular weight excluding hydrogens is 218 g/mol. The maximum Gasteiger partial charge on any atom is 0.322 e. The van der Waals surface area contributed by atoms with E-state index in [1.165, 1.54) is 18.0 Å². The number of carbonyl (C=O) groups is 1. The number of anilines is 1. The lowest BCUT2D eigenvalue weighted by Gasteiger charge is -2.04. The van der Waals surface area contributed by atoms with Crippen molar-refractivity contribution in [2.24, 2.45) is 0 Å². The number of aromatic nitrogens is 1. The number of amides is 2. The third-order valence-corrected chi connectivity index (χ3v) is 2.19. The van der Waals surface area contributed by atoms with Crippen molar-refractivity contribution in [3.63, 3.8) is 0 Å². The first-order valence-electron chi connectivity index (χ1n) is 5.33. The van der Waals surface area contributed by atoms with Crippen molar-refractivity contribution in [1.82, 2.24) is 10.3 Å². The van der Waals surface area contributed by atoms with E-state index in [1.807, 2.05) is 30.3 Å². The molecule has 5 heteroatoms. The summed E-state index contributed by atoms with van der Waals surface area (Å²) in [5, 5.41) is 5.20. The molecule has 0 bridgehead atoms. The lowest BCUT2D eigenvalue weighted by Crippen LogP contribution is -2.30. The van der Waals surface area contributed by atoms with Gasteiger partial charge in [-0.3, -0.25) is 5.32 Å². The van der Waals surface area contributed by atoms with E-state index in [4.69, 9.17) is 4.42 Å². The van der Waals surface area contributed by atoms with Crippen LogP contribution in [0.25, 0.3) is 0 Å². The monoisotopic (exact) mass is 231 g/mol. The van der Waals surface area contributed by atoms with Crippen molar-refractivity contribution in [2.45, 2.75) is 6.42 Å². The molecule has 1 aromatic carbocycles. The molecule has 2 aromatic rings. The largest absolute Gasteiger partial charge is 0.432 e. The number of hydrogen-bond acceptors (Lipinski definition) is 3. The summed E-state index contributed by atoms with van der Waals surface area (Å²) in [6, 6.07) is 9.84. The van der Waals surface area contributed by atoms with E-state index in [9.17, 15) is 4.79 Å². The lowest BCUT2D eigenvalue weighted by atomic mass is 10.1. The van der Waals surface area contributed by atoms with E-state index in [-0.39, 0.29) is 12.0 Å². The highest BCUT2D eigenvalue weighted by Crippen LogP contribution is 2.00. The highest BCUT2D eigenvalue weighted by molar-refractivity contribution is 5.86. The van der Waals surface area contributed by atoms with Gasteiger partial charge in [0.15, 0.2) is 0 Å². The van der Waals surface area contributed by atoms with E-state index in [2.05, 4.69) is 15.6 Å². The summed E-state index contributed by atoms with van der Waals surface area (Å²) >= 11 is 0. The number of nitrogens with one attached hydrogen (secondary N) is 2. The number of hydrogen-bond donors (Lipinski definition) is 2. The second-order valence-electron chi connectivity index (χ2n) is 3.45. The number of urea groups is 1. The molecule has 0 atom stereocenters. The van der Waals surface area contributed by atoms with Gasteiger partial charge >= 0.3 is 12.0 Å². The fourth-order valence-electron chi connectivity index (χ4n) is 1.39. The topological polar surface area (TPSA) is 67.2 Å². The molecule has 0 saturated carbocycles. The summed E-state index contributed by atoms with van der Waals surface area (Å²) in [5.41, 5.74) is 1.18. The fourth-order valence-corrected chi connectivity index (χ4v) is 1.39. The van der Waals surface area contributed by atoms with E-state index in [0.29, 0.717) is 6.54 Å². The Morgan fingerprint density at radius 3 is 2.82 bits per heavy atom. The first-order valence-corrected chi connectivity index (χ1v) is 5.33. The van der Waals surface area contributed by atoms with Crippen LogP contribution in [0, 0.1) is 0 Å². The summed E-state index contributed by atoms with van der Waals surface area (Å²) in [6.45, 7) is 0.566. The highest BCUT2D eigenvalue weighted by Gasteiger charge is 2.03. The van der Waals surface area contributed by atoms with Gasteiger partial charge in [-0.25, -0.2) is 9.78 Å². The molecule has 1 heterocycles. The van der Waals surface area contributed by atoms with Crippen LogP contribution >= 0.6 is 0 Å². The predicted octanol–water partition coefficient (Wildman–Crippen LogP) is 2.04. The maximum absolute atomic E-state index is 11.4. The molecule has 2 amide bonds. The summed E-state index contributed by atoms with van der Waals surface area (Å²) in [6.07, 6.45) is 3.67. The summed E-state index contributed by atoms with van der Waals surface area (Å²) in [4.78, 5) is 15.2. The summed E-state index contributed by atoms with van der Waals surface area (Å²) in [7, 11) is 0. The molecule has 17 heavy (non-hydrogen) atoms. The normalized spacial score (nSPS) is 9.88. The Balaban J connectivity index is 1.70. The Kier molecular flexibility index (Phi) is 3.75. The van der Waals surface area contributed by atoms with Crippen LogP contribution in [-0.2, 0) is 6.42 Å². The highest BCUT2D eigenvalue weighted by atomic mass is 16.4. The average Bonchev–Trinajstić information content (AvgIpc) is 2.83. The summed E-state index contributed by atoms with van der Waals surface area (Å²) in [5.74, 6) is 0. The molecule has 1 aromatic heterocycles. The van der Waals surface area contributed by atoms with Crippen LogP contribution in [0.3, 0.4) is 0 Å². The number of carbonyl (C=O) groups excluding carboxylic acids is 1.